The molecule has 1 nitrogen and oxygen atoms in total. The van der Waals surface area contributed by atoms with Gasteiger partial charge in [-0.15, -0.1) is 0 Å². The molecule has 0 radical (unpaired) electrons. The fourth-order valence-electron chi connectivity index (χ4n) is 1.14. The topological polar surface area (TPSA) is 20.2 Å². The Morgan fingerprint density at radius 1 is 1.70 bits per heavy atom. The van der Waals surface area contributed by atoms with Crippen LogP contribution in [0, 0.1) is 0 Å². The highest BCUT2D eigenvalue weighted by Crippen LogP contribution is 2.21. The Hall–Kier alpha value is -0.560. The molecule has 0 saturated heterocycles. The molecule has 0 aliphatic heterocycles. The van der Waals surface area contributed by atoms with Gasteiger partial charge in [0.25, 0.3) is 0 Å². The molecule has 0 aromatic heterocycles. The summed E-state index contributed by atoms with van der Waals surface area (Å²) in [6.45, 7) is 3.95. The first-order valence-corrected chi connectivity index (χ1v) is 3.81. The summed E-state index contributed by atoms with van der Waals surface area (Å²) < 4.78 is 0. The summed E-state index contributed by atoms with van der Waals surface area (Å²) in [5, 5.41) is 9.15. The molecule has 1 heteroatoms. The second-order valence-electron chi connectivity index (χ2n) is 2.74. The molecular weight excluding hydrogens is 124 g/mol. The highest BCUT2D eigenvalue weighted by atomic mass is 16.3. The molecular formula is C9H14O. The number of rotatable bonds is 2. The average Bonchev–Trinajstić information content (AvgIpc) is 2.34. The van der Waals surface area contributed by atoms with E-state index in [1.54, 1.807) is 6.92 Å². The van der Waals surface area contributed by atoms with Gasteiger partial charge >= 0.3 is 0 Å². The minimum atomic E-state index is -0.288. The van der Waals surface area contributed by atoms with Crippen molar-refractivity contribution in [1.29, 1.82) is 0 Å². The first kappa shape index (κ1) is 7.55. The van der Waals surface area contributed by atoms with Crippen molar-refractivity contribution in [3.8, 4) is 0 Å². The number of hydrogen-bond donors (Lipinski definition) is 1. The van der Waals surface area contributed by atoms with E-state index < -0.39 is 0 Å². The van der Waals surface area contributed by atoms with E-state index in [-0.39, 0.29) is 6.10 Å². The Kier molecular flexibility index (Phi) is 2.28. The van der Waals surface area contributed by atoms with Crippen LogP contribution in [-0.4, -0.2) is 11.2 Å². The SMILES string of the molecule is CCC1=CC(C(C)O)=CC1. The second kappa shape index (κ2) is 3.02. The lowest BCUT2D eigenvalue weighted by molar-refractivity contribution is 0.235. The number of aliphatic hydroxyl groups is 1. The molecule has 0 spiro atoms. The third-order valence-electron chi connectivity index (χ3n) is 1.91. The molecule has 0 bridgehead atoms. The summed E-state index contributed by atoms with van der Waals surface area (Å²) in [5.41, 5.74) is 2.51. The maximum atomic E-state index is 9.15. The minimum absolute atomic E-state index is 0.288. The fraction of sp³-hybridized carbons (Fsp3) is 0.556. The van der Waals surface area contributed by atoms with Gasteiger partial charge in [0.15, 0.2) is 0 Å². The lowest BCUT2D eigenvalue weighted by Gasteiger charge is -2.00. The predicted octanol–water partition coefficient (Wildman–Crippen LogP) is 2.03. The molecule has 0 fully saturated rings. The molecule has 0 saturated carbocycles. The molecule has 1 atom stereocenters. The zero-order valence-corrected chi connectivity index (χ0v) is 6.59. The maximum absolute atomic E-state index is 9.15. The van der Waals surface area contributed by atoms with Gasteiger partial charge in [0.1, 0.15) is 0 Å². The van der Waals surface area contributed by atoms with Crippen LogP contribution in [0.2, 0.25) is 0 Å². The highest BCUT2D eigenvalue weighted by Gasteiger charge is 2.08. The summed E-state index contributed by atoms with van der Waals surface area (Å²) in [4.78, 5) is 0. The Balaban J connectivity index is 2.59. The molecule has 0 aromatic carbocycles. The number of allylic oxidation sites excluding steroid dienone is 2. The van der Waals surface area contributed by atoms with Crippen LogP contribution in [0.25, 0.3) is 0 Å². The van der Waals surface area contributed by atoms with Crippen LogP contribution < -0.4 is 0 Å². The summed E-state index contributed by atoms with van der Waals surface area (Å²) in [7, 11) is 0. The van der Waals surface area contributed by atoms with Gasteiger partial charge in [-0.05, 0) is 25.3 Å². The van der Waals surface area contributed by atoms with E-state index in [1.807, 2.05) is 0 Å². The van der Waals surface area contributed by atoms with Crippen molar-refractivity contribution in [3.63, 3.8) is 0 Å². The maximum Gasteiger partial charge on any atom is 0.0758 e. The van der Waals surface area contributed by atoms with E-state index in [0.717, 1.165) is 18.4 Å². The molecule has 1 rings (SSSR count). The summed E-state index contributed by atoms with van der Waals surface area (Å²) in [6, 6.07) is 0. The van der Waals surface area contributed by atoms with Gasteiger partial charge in [-0.3, -0.25) is 0 Å². The van der Waals surface area contributed by atoms with Gasteiger partial charge in [-0.1, -0.05) is 24.6 Å². The van der Waals surface area contributed by atoms with Gasteiger partial charge in [0, 0.05) is 0 Å². The van der Waals surface area contributed by atoms with E-state index >= 15 is 0 Å². The molecule has 0 heterocycles. The quantitative estimate of drug-likeness (QED) is 0.619. The van der Waals surface area contributed by atoms with Gasteiger partial charge in [-0.25, -0.2) is 0 Å². The Morgan fingerprint density at radius 3 is 2.70 bits per heavy atom. The standard InChI is InChI=1S/C9H14O/c1-3-8-4-5-9(6-8)7(2)10/h5-7,10H,3-4H2,1-2H3. The Bertz CT molecular complexity index is 175. The van der Waals surface area contributed by atoms with Crippen molar-refractivity contribution >= 4 is 0 Å². The third kappa shape index (κ3) is 1.48. The van der Waals surface area contributed by atoms with Crippen LogP contribution in [0.15, 0.2) is 23.3 Å². The van der Waals surface area contributed by atoms with Crippen LogP contribution in [0.4, 0.5) is 0 Å². The lowest BCUT2D eigenvalue weighted by Crippen LogP contribution is -1.99. The van der Waals surface area contributed by atoms with Crippen molar-refractivity contribution in [3.05, 3.63) is 23.3 Å². The smallest absolute Gasteiger partial charge is 0.0758 e. The monoisotopic (exact) mass is 138 g/mol. The Labute approximate surface area is 62.1 Å². The zero-order valence-electron chi connectivity index (χ0n) is 6.59. The molecule has 1 aliphatic carbocycles. The van der Waals surface area contributed by atoms with Gasteiger partial charge in [0.2, 0.25) is 0 Å². The van der Waals surface area contributed by atoms with E-state index in [9.17, 15) is 0 Å². The molecule has 1 aliphatic rings. The Morgan fingerprint density at radius 2 is 2.40 bits per heavy atom. The summed E-state index contributed by atoms with van der Waals surface area (Å²) in [5.74, 6) is 0. The van der Waals surface area contributed by atoms with Crippen LogP contribution in [0.1, 0.15) is 26.7 Å². The molecule has 0 amide bonds. The van der Waals surface area contributed by atoms with Gasteiger partial charge < -0.3 is 5.11 Å². The normalized spacial score (nSPS) is 20.3. The van der Waals surface area contributed by atoms with Crippen molar-refractivity contribution < 1.29 is 5.11 Å². The molecule has 10 heavy (non-hydrogen) atoms. The van der Waals surface area contributed by atoms with Crippen LogP contribution in [-0.2, 0) is 0 Å². The highest BCUT2D eigenvalue weighted by molar-refractivity contribution is 5.34. The van der Waals surface area contributed by atoms with Gasteiger partial charge in [0.05, 0.1) is 6.10 Å². The third-order valence-corrected chi connectivity index (χ3v) is 1.91. The van der Waals surface area contributed by atoms with E-state index in [2.05, 4.69) is 19.1 Å². The van der Waals surface area contributed by atoms with Crippen LogP contribution in [0.3, 0.4) is 0 Å². The zero-order chi connectivity index (χ0) is 7.56. The van der Waals surface area contributed by atoms with Gasteiger partial charge in [-0.2, -0.15) is 0 Å². The largest absolute Gasteiger partial charge is 0.389 e. The first-order chi connectivity index (χ1) is 4.74. The minimum Gasteiger partial charge on any atom is -0.389 e. The molecule has 1 N–H and O–H groups in total. The fourth-order valence-corrected chi connectivity index (χ4v) is 1.14. The lowest BCUT2D eigenvalue weighted by atomic mass is 10.1. The van der Waals surface area contributed by atoms with Crippen molar-refractivity contribution in [2.24, 2.45) is 0 Å². The van der Waals surface area contributed by atoms with Crippen LogP contribution >= 0.6 is 0 Å². The van der Waals surface area contributed by atoms with Crippen molar-refractivity contribution in [2.45, 2.75) is 32.8 Å². The van der Waals surface area contributed by atoms with E-state index in [4.69, 9.17) is 5.11 Å². The number of aliphatic hydroxyl groups excluding tert-OH is 1. The van der Waals surface area contributed by atoms with E-state index in [1.165, 1.54) is 5.57 Å². The summed E-state index contributed by atoms with van der Waals surface area (Å²) >= 11 is 0. The van der Waals surface area contributed by atoms with Crippen molar-refractivity contribution in [1.82, 2.24) is 0 Å². The van der Waals surface area contributed by atoms with Crippen LogP contribution in [0.5, 0.6) is 0 Å². The summed E-state index contributed by atoms with van der Waals surface area (Å²) in [6.07, 6.45) is 6.06. The predicted molar refractivity (Wildman–Crippen MR) is 42.8 cm³/mol. The first-order valence-electron chi connectivity index (χ1n) is 3.81. The molecule has 0 aromatic rings. The van der Waals surface area contributed by atoms with Crippen molar-refractivity contribution in [2.75, 3.05) is 0 Å². The average molecular weight is 138 g/mol. The van der Waals surface area contributed by atoms with E-state index in [0.29, 0.717) is 0 Å². The number of hydrogen-bond acceptors (Lipinski definition) is 1. The molecule has 56 valence electrons. The second-order valence-corrected chi connectivity index (χ2v) is 2.74. The molecule has 1 unspecified atom stereocenters.